The maximum Gasteiger partial charge on any atom is 0.328 e. The molecule has 1 aliphatic rings. The number of rotatable bonds is 14. The number of aromatic hydroxyl groups is 1. The normalized spacial score (nSPS) is 16.9. The molecular weight excluding hydrogens is 833 g/mol. The zero-order chi connectivity index (χ0) is 47.7. The lowest BCUT2D eigenvalue weighted by Crippen LogP contribution is -2.55. The number of carbonyl (C=O) groups is 5. The molecule has 1 aromatic heterocycles. The Labute approximate surface area is 379 Å². The smallest absolute Gasteiger partial charge is 0.328 e. The number of nitrogens with two attached hydrogens (primary N) is 3. The standard InChI is InChI=1S/C47H62N10O8/c1-25-38(26(2)53-41(52-25)29-10-12-31(13-11-29)47(4,5)6)43(60)55-34(15-16-48)45(62)57(7)39-30-23-33(40(58)35(24-30)51-19-17-49)32-21-28(9-14-37(32)65-20-18-50)22-36(46(63)64-8)56-42(59)27(3)54-44(39)61/h9-14,21,23-24,27,34,36,39,51,58H,15-20,22,48-50H2,1-8H3,(H,54,61)(H,55,60)(H,56,59)/t27-,34-,36-,39-/m0/s1. The highest BCUT2D eigenvalue weighted by Gasteiger charge is 2.37. The largest absolute Gasteiger partial charge is 0.505 e. The fraction of sp³-hybridized carbons (Fsp3) is 0.426. The van der Waals surface area contributed by atoms with Crippen LogP contribution < -0.4 is 43.2 Å². The maximum absolute atomic E-state index is 14.8. The van der Waals surface area contributed by atoms with Crippen LogP contribution in [0.4, 0.5) is 5.69 Å². The molecule has 0 fully saturated rings. The highest BCUT2D eigenvalue weighted by molar-refractivity contribution is 6.00. The molecule has 5 rings (SSSR count). The number of nitrogens with zero attached hydrogens (tertiary/aromatic N) is 3. The van der Waals surface area contributed by atoms with Crippen LogP contribution >= 0.6 is 0 Å². The number of benzene rings is 3. The van der Waals surface area contributed by atoms with Gasteiger partial charge in [-0.15, -0.1) is 0 Å². The number of methoxy groups -OCH3 is 1. The lowest BCUT2D eigenvalue weighted by atomic mass is 9.86. The van der Waals surface area contributed by atoms with Gasteiger partial charge in [0.15, 0.2) is 5.82 Å². The number of phenolic OH excluding ortho intramolecular Hbond substituents is 1. The van der Waals surface area contributed by atoms with Gasteiger partial charge in [-0.3, -0.25) is 19.2 Å². The first-order valence-corrected chi connectivity index (χ1v) is 21.5. The zero-order valence-corrected chi connectivity index (χ0v) is 38.3. The van der Waals surface area contributed by atoms with Gasteiger partial charge < -0.3 is 57.9 Å². The van der Waals surface area contributed by atoms with E-state index in [1.165, 1.54) is 27.1 Å². The Hall–Kier alpha value is -6.63. The summed E-state index contributed by atoms with van der Waals surface area (Å²) in [7, 11) is 2.58. The van der Waals surface area contributed by atoms with Crippen LogP contribution in [0.2, 0.25) is 0 Å². The van der Waals surface area contributed by atoms with Gasteiger partial charge in [-0.25, -0.2) is 14.8 Å². The van der Waals surface area contributed by atoms with Crippen LogP contribution in [-0.2, 0) is 35.8 Å². The number of ether oxygens (including phenoxy) is 2. The molecule has 2 heterocycles. The average molecular weight is 895 g/mol. The quantitative estimate of drug-likeness (QED) is 0.0668. The molecule has 0 spiro atoms. The summed E-state index contributed by atoms with van der Waals surface area (Å²) in [4.78, 5) is 80.6. The minimum Gasteiger partial charge on any atom is -0.505 e. The topological polar surface area (TPSA) is 279 Å². The van der Waals surface area contributed by atoms with Crippen molar-refractivity contribution in [3.05, 3.63) is 88.2 Å². The molecule has 4 atom stereocenters. The molecule has 0 radical (unpaired) electrons. The average Bonchev–Trinajstić information content (AvgIpc) is 3.26. The van der Waals surface area contributed by atoms with Crippen molar-refractivity contribution >= 4 is 35.3 Å². The van der Waals surface area contributed by atoms with E-state index in [9.17, 15) is 29.1 Å². The molecule has 11 N–H and O–H groups in total. The molecule has 0 saturated heterocycles. The number of hydrogen-bond donors (Lipinski definition) is 8. The highest BCUT2D eigenvalue weighted by Crippen LogP contribution is 2.43. The molecule has 0 aliphatic carbocycles. The molecule has 4 bridgehead atoms. The highest BCUT2D eigenvalue weighted by atomic mass is 16.5. The SMILES string of the molecule is COC(=O)[C@@H]1Cc2ccc(OCCN)c(c2)-c2cc(cc(NCCN)c2O)[C@H](N(C)C(=O)[C@H](CCN)NC(=O)c2c(C)nc(-c3ccc(C(C)(C)C)cc3)nc2C)C(=O)N[C@@H](C)C(=O)N1. The molecule has 0 unspecified atom stereocenters. The molecule has 3 aromatic carbocycles. The van der Waals surface area contributed by atoms with E-state index in [1.54, 1.807) is 38.1 Å². The Balaban J connectivity index is 1.60. The second-order valence-corrected chi connectivity index (χ2v) is 17.0. The van der Waals surface area contributed by atoms with Crippen LogP contribution in [0, 0.1) is 13.8 Å². The van der Waals surface area contributed by atoms with Crippen LogP contribution in [0.3, 0.4) is 0 Å². The van der Waals surface area contributed by atoms with Crippen LogP contribution in [-0.4, -0.2) is 115 Å². The summed E-state index contributed by atoms with van der Waals surface area (Å²) in [5.41, 5.74) is 22.0. The van der Waals surface area contributed by atoms with Crippen LogP contribution in [0.1, 0.15) is 78.6 Å². The van der Waals surface area contributed by atoms with Gasteiger partial charge >= 0.3 is 5.97 Å². The van der Waals surface area contributed by atoms with E-state index in [0.29, 0.717) is 34.1 Å². The first kappa shape index (κ1) is 49.4. The van der Waals surface area contributed by atoms with Crippen LogP contribution in [0.15, 0.2) is 54.6 Å². The minimum absolute atomic E-state index is 0.0170. The monoisotopic (exact) mass is 894 g/mol. The Bertz CT molecular complexity index is 2380. The molecule has 0 saturated carbocycles. The summed E-state index contributed by atoms with van der Waals surface area (Å²) in [6.45, 7) is 11.8. The van der Waals surface area contributed by atoms with E-state index in [0.717, 1.165) is 16.0 Å². The number of anilines is 1. The number of nitrogens with one attached hydrogen (secondary N) is 4. The third-order valence-corrected chi connectivity index (χ3v) is 11.2. The van der Waals surface area contributed by atoms with Gasteiger partial charge in [0, 0.05) is 49.8 Å². The number of likely N-dealkylation sites (N-methyl/N-ethyl adjacent to an activating group) is 1. The lowest BCUT2D eigenvalue weighted by Gasteiger charge is -2.33. The number of aromatic nitrogens is 2. The maximum atomic E-state index is 14.8. The van der Waals surface area contributed by atoms with Gasteiger partial charge in [-0.1, -0.05) is 51.1 Å². The lowest BCUT2D eigenvalue weighted by molar-refractivity contribution is -0.145. The Kier molecular flexibility index (Phi) is 16.2. The van der Waals surface area contributed by atoms with Crippen molar-refractivity contribution in [3.63, 3.8) is 0 Å². The molecule has 65 heavy (non-hydrogen) atoms. The van der Waals surface area contributed by atoms with Crippen LogP contribution in [0.25, 0.3) is 22.5 Å². The van der Waals surface area contributed by atoms with Gasteiger partial charge in [-0.2, -0.15) is 0 Å². The van der Waals surface area contributed by atoms with Crippen molar-refractivity contribution in [2.45, 2.75) is 84.0 Å². The van der Waals surface area contributed by atoms with Gasteiger partial charge in [0.2, 0.25) is 17.7 Å². The van der Waals surface area contributed by atoms with Crippen molar-refractivity contribution < 1.29 is 38.6 Å². The fourth-order valence-electron chi connectivity index (χ4n) is 7.67. The van der Waals surface area contributed by atoms with E-state index in [1.807, 2.05) is 24.3 Å². The summed E-state index contributed by atoms with van der Waals surface area (Å²) < 4.78 is 11.0. The second-order valence-electron chi connectivity index (χ2n) is 17.0. The molecule has 1 aliphatic heterocycles. The predicted molar refractivity (Wildman–Crippen MR) is 247 cm³/mol. The predicted octanol–water partition coefficient (Wildman–Crippen LogP) is 2.50. The zero-order valence-electron chi connectivity index (χ0n) is 38.3. The van der Waals surface area contributed by atoms with E-state index in [2.05, 4.69) is 52.0 Å². The number of carbonyl (C=O) groups excluding carboxylic acids is 5. The van der Waals surface area contributed by atoms with E-state index in [-0.39, 0.29) is 79.2 Å². The first-order valence-electron chi connectivity index (χ1n) is 21.5. The van der Waals surface area contributed by atoms with Gasteiger partial charge in [0.1, 0.15) is 42.3 Å². The second kappa shape index (κ2) is 21.4. The third kappa shape index (κ3) is 11.6. The van der Waals surface area contributed by atoms with Crippen LogP contribution in [0.5, 0.6) is 11.5 Å². The van der Waals surface area contributed by atoms with Gasteiger partial charge in [0.05, 0.1) is 29.7 Å². The van der Waals surface area contributed by atoms with E-state index < -0.39 is 53.8 Å². The Morgan fingerprint density at radius 3 is 2.20 bits per heavy atom. The van der Waals surface area contributed by atoms with Crippen molar-refractivity contribution in [3.8, 4) is 34.0 Å². The van der Waals surface area contributed by atoms with Crippen molar-refractivity contribution in [1.82, 2.24) is 30.8 Å². The van der Waals surface area contributed by atoms with E-state index in [4.69, 9.17) is 26.7 Å². The Morgan fingerprint density at radius 1 is 0.923 bits per heavy atom. The summed E-state index contributed by atoms with van der Waals surface area (Å²) in [6, 6.07) is 10.9. The molecule has 4 aromatic rings. The number of esters is 1. The molecule has 18 heteroatoms. The third-order valence-electron chi connectivity index (χ3n) is 11.2. The molecular formula is C47H62N10O8. The first-order chi connectivity index (χ1) is 30.8. The number of hydrogen-bond acceptors (Lipinski definition) is 14. The van der Waals surface area contributed by atoms with Crippen molar-refractivity contribution in [2.75, 3.05) is 52.3 Å². The van der Waals surface area contributed by atoms with Crippen molar-refractivity contribution in [1.29, 1.82) is 0 Å². The van der Waals surface area contributed by atoms with Crippen molar-refractivity contribution in [2.24, 2.45) is 17.2 Å². The molecule has 18 nitrogen and oxygen atoms in total. The number of aryl methyl sites for hydroxylation is 2. The number of amides is 4. The van der Waals surface area contributed by atoms with Gasteiger partial charge in [0.25, 0.3) is 5.91 Å². The molecule has 4 amide bonds. The summed E-state index contributed by atoms with van der Waals surface area (Å²) in [6.07, 6.45) is -0.0379. The number of phenols is 1. The minimum atomic E-state index is -1.49. The van der Waals surface area contributed by atoms with Gasteiger partial charge in [-0.05, 0) is 80.1 Å². The van der Waals surface area contributed by atoms with E-state index >= 15 is 0 Å². The summed E-state index contributed by atoms with van der Waals surface area (Å²) in [5.74, 6) is -3.03. The molecule has 348 valence electrons. The summed E-state index contributed by atoms with van der Waals surface area (Å²) >= 11 is 0. The summed E-state index contributed by atoms with van der Waals surface area (Å²) in [5, 5.41) is 23.2. The number of fused-ring (bicyclic) bond motifs is 5. The fourth-order valence-corrected chi connectivity index (χ4v) is 7.67. The Morgan fingerprint density at radius 2 is 1.60 bits per heavy atom.